The van der Waals surface area contributed by atoms with E-state index >= 15 is 0 Å². The number of nitrogens with one attached hydrogen (secondary N) is 2. The number of aromatic amines is 1. The first-order valence-corrected chi connectivity index (χ1v) is 12.1. The number of nitrogens with zero attached hydrogens (tertiary/aromatic N) is 1. The predicted octanol–water partition coefficient (Wildman–Crippen LogP) is 4.12. The minimum absolute atomic E-state index is 0. The molecule has 2 heterocycles. The molecule has 7 nitrogen and oxygen atoms in total. The van der Waals surface area contributed by atoms with Gasteiger partial charge in [0.1, 0.15) is 5.75 Å². The van der Waals surface area contributed by atoms with Gasteiger partial charge >= 0.3 is 0 Å². The minimum atomic E-state index is -0.662. The van der Waals surface area contributed by atoms with Gasteiger partial charge in [0.15, 0.2) is 6.29 Å². The molecule has 1 saturated heterocycles. The van der Waals surface area contributed by atoms with Gasteiger partial charge in [-0.25, -0.2) is 0 Å². The summed E-state index contributed by atoms with van der Waals surface area (Å²) in [7, 11) is 0. The summed E-state index contributed by atoms with van der Waals surface area (Å²) in [5.74, 6) is 0.650. The van der Waals surface area contributed by atoms with Crippen LogP contribution >= 0.6 is 24.0 Å². The maximum Gasteiger partial charge on any atom is 0.209 e. The summed E-state index contributed by atoms with van der Waals surface area (Å²) in [5, 5.41) is 15.6. The number of benzene rings is 2. The van der Waals surface area contributed by atoms with Gasteiger partial charge in [-0.2, -0.15) is 0 Å². The van der Waals surface area contributed by atoms with Gasteiger partial charge < -0.3 is 24.9 Å². The molecule has 9 heteroatoms. The summed E-state index contributed by atoms with van der Waals surface area (Å²) in [6.45, 7) is 6.38. The molecule has 1 fully saturated rings. The third kappa shape index (κ3) is 6.76. The second-order valence-corrected chi connectivity index (χ2v) is 9.32. The highest BCUT2D eigenvalue weighted by molar-refractivity contribution is 6.30. The molecule has 0 amide bonds. The first-order valence-electron chi connectivity index (χ1n) is 11.7. The Morgan fingerprint density at radius 3 is 2.89 bits per heavy atom. The normalized spacial score (nSPS) is 19.0. The molecule has 4 rings (SSSR count). The number of ether oxygens (including phenoxy) is 2. The fraction of sp³-hybridized carbons (Fsp3) is 0.423. The van der Waals surface area contributed by atoms with E-state index in [1.54, 1.807) is 12.1 Å². The highest BCUT2D eigenvalue weighted by Crippen LogP contribution is 2.29. The molecule has 1 unspecified atom stereocenters. The Hall–Kier alpha value is -2.13. The molecule has 1 aliphatic rings. The van der Waals surface area contributed by atoms with Crippen LogP contribution in [0, 0.1) is 0 Å². The number of para-hydroxylation sites is 1. The average Bonchev–Trinajstić information content (AvgIpc) is 3.25. The number of aromatic nitrogens is 1. The third-order valence-electron chi connectivity index (χ3n) is 6.29. The lowest BCUT2D eigenvalue weighted by molar-refractivity contribution is -0.130. The van der Waals surface area contributed by atoms with Gasteiger partial charge in [-0.1, -0.05) is 35.9 Å². The van der Waals surface area contributed by atoms with Crippen molar-refractivity contribution in [2.24, 2.45) is 0 Å². The summed E-state index contributed by atoms with van der Waals surface area (Å²) in [6.07, 6.45) is 2.30. The van der Waals surface area contributed by atoms with Gasteiger partial charge in [-0.05, 0) is 49.6 Å². The Morgan fingerprint density at radius 2 is 2.14 bits per heavy atom. The summed E-state index contributed by atoms with van der Waals surface area (Å²) in [5.41, 5.74) is 2.80. The topological polar surface area (TPSA) is 86.8 Å². The number of hydrogen-bond acceptors (Lipinski definition) is 6. The van der Waals surface area contributed by atoms with Gasteiger partial charge in [-0.3, -0.25) is 9.69 Å². The van der Waals surface area contributed by atoms with Crippen molar-refractivity contribution >= 4 is 41.2 Å². The molecular formula is C26H33Cl2N3O4. The lowest BCUT2D eigenvalue weighted by Crippen LogP contribution is -2.52. The first kappa shape index (κ1) is 27.5. The van der Waals surface area contributed by atoms with E-state index in [2.05, 4.69) is 23.3 Å². The number of carbonyl (C=O) groups excluding carboxylic acids is 1. The van der Waals surface area contributed by atoms with E-state index in [4.69, 9.17) is 21.1 Å². The van der Waals surface area contributed by atoms with Crippen molar-refractivity contribution in [3.05, 3.63) is 64.8 Å². The smallest absolute Gasteiger partial charge is 0.209 e. The molecule has 0 radical (unpaired) electrons. The molecule has 190 valence electrons. The number of aliphatic hydroxyl groups is 1. The summed E-state index contributed by atoms with van der Waals surface area (Å²) in [4.78, 5) is 17.2. The standard InChI is InChI=1S/C26H32ClN3O4.ClH/c1-17(28-14-23(32)19-5-3-6-21(27)12-19)11-20-13-29-26-22(20)7-4-8-24(26)34-25(15-31)30-9-10-33-16-18(30)2;/h3-8,12-13,15,17-18,23,25,28-29,32H,9-11,14,16H2,1-2H3;1H/t17-,18?,23+,25+;/m1./s1. The van der Waals surface area contributed by atoms with Gasteiger partial charge in [0.25, 0.3) is 0 Å². The van der Waals surface area contributed by atoms with Gasteiger partial charge in [0.2, 0.25) is 6.23 Å². The number of morpholine rings is 1. The Morgan fingerprint density at radius 1 is 1.34 bits per heavy atom. The number of carbonyl (C=O) groups is 1. The minimum Gasteiger partial charge on any atom is -0.466 e. The number of fused-ring (bicyclic) bond motifs is 1. The summed E-state index contributed by atoms with van der Waals surface area (Å²) < 4.78 is 11.6. The lowest BCUT2D eigenvalue weighted by Gasteiger charge is -2.36. The summed E-state index contributed by atoms with van der Waals surface area (Å²) in [6, 6.07) is 13.4. The van der Waals surface area contributed by atoms with Crippen molar-refractivity contribution in [1.82, 2.24) is 15.2 Å². The molecule has 0 saturated carbocycles. The number of rotatable bonds is 10. The summed E-state index contributed by atoms with van der Waals surface area (Å²) >= 11 is 6.03. The monoisotopic (exact) mass is 521 g/mol. The maximum atomic E-state index is 11.8. The second-order valence-electron chi connectivity index (χ2n) is 8.88. The molecule has 1 aromatic heterocycles. The van der Waals surface area contributed by atoms with E-state index in [0.29, 0.717) is 37.1 Å². The van der Waals surface area contributed by atoms with E-state index < -0.39 is 12.3 Å². The zero-order valence-corrected chi connectivity index (χ0v) is 21.5. The fourth-order valence-electron chi connectivity index (χ4n) is 4.42. The van der Waals surface area contributed by atoms with E-state index in [9.17, 15) is 9.90 Å². The molecular weight excluding hydrogens is 489 g/mol. The van der Waals surface area contributed by atoms with Crippen LogP contribution in [0.2, 0.25) is 5.02 Å². The average molecular weight is 522 g/mol. The largest absolute Gasteiger partial charge is 0.466 e. The quantitative estimate of drug-likeness (QED) is 0.348. The molecule has 0 aliphatic carbocycles. The van der Waals surface area contributed by atoms with Crippen molar-refractivity contribution in [1.29, 1.82) is 0 Å². The molecule has 3 N–H and O–H groups in total. The van der Waals surface area contributed by atoms with Crippen LogP contribution in [0.1, 0.15) is 31.1 Å². The van der Waals surface area contributed by atoms with E-state index in [0.717, 1.165) is 34.7 Å². The lowest BCUT2D eigenvalue weighted by atomic mass is 10.0. The van der Waals surface area contributed by atoms with E-state index in [1.165, 1.54) is 0 Å². The van der Waals surface area contributed by atoms with Crippen LogP contribution in [0.5, 0.6) is 5.75 Å². The van der Waals surface area contributed by atoms with Crippen molar-refractivity contribution in [2.45, 2.75) is 44.7 Å². The van der Waals surface area contributed by atoms with Crippen molar-refractivity contribution in [2.75, 3.05) is 26.3 Å². The number of aliphatic hydroxyl groups excluding tert-OH is 1. The van der Waals surface area contributed by atoms with Gasteiger partial charge in [-0.15, -0.1) is 12.4 Å². The van der Waals surface area contributed by atoms with Crippen LogP contribution in [0.15, 0.2) is 48.7 Å². The molecule has 0 bridgehead atoms. The molecule has 3 aromatic rings. The number of H-pyrrole nitrogens is 1. The van der Waals surface area contributed by atoms with Crippen LogP contribution in [-0.2, 0) is 16.0 Å². The van der Waals surface area contributed by atoms with E-state index in [-0.39, 0.29) is 24.5 Å². The maximum absolute atomic E-state index is 11.8. The Labute approximate surface area is 217 Å². The zero-order valence-electron chi connectivity index (χ0n) is 19.9. The first-order chi connectivity index (χ1) is 16.5. The Balaban J connectivity index is 0.00000342. The molecule has 4 atom stereocenters. The van der Waals surface area contributed by atoms with Crippen LogP contribution in [0.3, 0.4) is 0 Å². The molecule has 1 aliphatic heterocycles. The van der Waals surface area contributed by atoms with Gasteiger partial charge in [0, 0.05) is 41.8 Å². The Kier molecular flexibility index (Phi) is 9.98. The highest BCUT2D eigenvalue weighted by Gasteiger charge is 2.28. The third-order valence-corrected chi connectivity index (χ3v) is 6.53. The fourth-order valence-corrected chi connectivity index (χ4v) is 4.62. The second kappa shape index (κ2) is 12.7. The van der Waals surface area contributed by atoms with Crippen LogP contribution in [0.25, 0.3) is 10.9 Å². The number of aldehydes is 1. The number of hydrogen-bond donors (Lipinski definition) is 3. The van der Waals surface area contributed by atoms with Gasteiger partial charge in [0.05, 0.1) is 24.8 Å². The number of halogens is 2. The van der Waals surface area contributed by atoms with Crippen LogP contribution in [0.4, 0.5) is 0 Å². The van der Waals surface area contributed by atoms with E-state index in [1.807, 2.05) is 42.3 Å². The van der Waals surface area contributed by atoms with Crippen molar-refractivity contribution in [3.8, 4) is 5.75 Å². The molecule has 35 heavy (non-hydrogen) atoms. The highest BCUT2D eigenvalue weighted by atomic mass is 35.5. The van der Waals surface area contributed by atoms with Crippen LogP contribution < -0.4 is 10.1 Å². The predicted molar refractivity (Wildman–Crippen MR) is 141 cm³/mol. The SMILES string of the molecule is CC1COCCN1[C@H](C=O)Oc1cccc2c(C[C@@H](C)NC[C@H](O)c3cccc(Cl)c3)c[nH]c12.Cl. The Bertz CT molecular complexity index is 1110. The van der Waals surface area contributed by atoms with Crippen molar-refractivity contribution < 1.29 is 19.4 Å². The molecule has 2 aromatic carbocycles. The molecule has 0 spiro atoms. The zero-order chi connectivity index (χ0) is 24.1. The van der Waals surface area contributed by atoms with Crippen molar-refractivity contribution in [3.63, 3.8) is 0 Å². The van der Waals surface area contributed by atoms with Crippen LogP contribution in [-0.4, -0.2) is 65.9 Å².